The number of carbonyl (C=O) groups excluding carboxylic acids is 3. The molecule has 7 nitrogen and oxygen atoms in total. The Morgan fingerprint density at radius 3 is 2.60 bits per heavy atom. The van der Waals surface area contributed by atoms with E-state index in [2.05, 4.69) is 10.6 Å². The summed E-state index contributed by atoms with van der Waals surface area (Å²) < 4.78 is 4.94. The van der Waals surface area contributed by atoms with Gasteiger partial charge in [-0.2, -0.15) is 0 Å². The monoisotopic (exact) mass is 283 g/mol. The Morgan fingerprint density at radius 2 is 2.05 bits per heavy atom. The highest BCUT2D eigenvalue weighted by molar-refractivity contribution is 5.90. The second-order valence-corrected chi connectivity index (χ2v) is 5.13. The van der Waals surface area contributed by atoms with Gasteiger partial charge in [0.05, 0.1) is 6.61 Å². The predicted octanol–water partition coefficient (Wildman–Crippen LogP) is 0.00210. The molecule has 1 unspecified atom stereocenters. The molecule has 2 fully saturated rings. The van der Waals surface area contributed by atoms with Crippen LogP contribution in [-0.2, 0) is 14.3 Å². The highest BCUT2D eigenvalue weighted by atomic mass is 16.6. The third-order valence-corrected chi connectivity index (χ3v) is 3.68. The topological polar surface area (TPSA) is 87.7 Å². The molecule has 0 bridgehead atoms. The van der Waals surface area contributed by atoms with Crippen LogP contribution < -0.4 is 10.6 Å². The first kappa shape index (κ1) is 14.6. The van der Waals surface area contributed by atoms with Crippen molar-refractivity contribution in [1.82, 2.24) is 15.5 Å². The number of nitrogens with zero attached hydrogens (tertiary/aromatic N) is 1. The van der Waals surface area contributed by atoms with Crippen molar-refractivity contribution in [3.05, 3.63) is 0 Å². The molecule has 0 aromatic carbocycles. The van der Waals surface area contributed by atoms with Gasteiger partial charge >= 0.3 is 6.09 Å². The molecule has 0 spiro atoms. The van der Waals surface area contributed by atoms with E-state index in [1.165, 1.54) is 0 Å². The van der Waals surface area contributed by atoms with Crippen molar-refractivity contribution in [3.8, 4) is 0 Å². The van der Waals surface area contributed by atoms with Crippen LogP contribution in [0.25, 0.3) is 0 Å². The van der Waals surface area contributed by atoms with Gasteiger partial charge in [-0.3, -0.25) is 9.59 Å². The van der Waals surface area contributed by atoms with Gasteiger partial charge in [-0.25, -0.2) is 4.79 Å². The van der Waals surface area contributed by atoms with Gasteiger partial charge in [0.1, 0.15) is 6.04 Å². The zero-order valence-corrected chi connectivity index (χ0v) is 11.7. The fourth-order valence-electron chi connectivity index (χ4n) is 2.53. The van der Waals surface area contributed by atoms with Crippen LogP contribution in [0.5, 0.6) is 0 Å². The number of piperidine rings is 1. The van der Waals surface area contributed by atoms with Crippen LogP contribution in [0.3, 0.4) is 0 Å². The first-order valence-electron chi connectivity index (χ1n) is 7.11. The normalized spacial score (nSPS) is 23.4. The maximum atomic E-state index is 11.9. The van der Waals surface area contributed by atoms with Crippen molar-refractivity contribution in [2.45, 2.75) is 44.7 Å². The Bertz CT molecular complexity index is 391. The third-order valence-electron chi connectivity index (χ3n) is 3.68. The minimum atomic E-state index is -0.398. The molecule has 0 radical (unpaired) electrons. The molecule has 2 N–H and O–H groups in total. The fraction of sp³-hybridized carbons (Fsp3) is 0.769. The van der Waals surface area contributed by atoms with Crippen LogP contribution in [0.1, 0.15) is 32.6 Å². The average molecular weight is 283 g/mol. The van der Waals surface area contributed by atoms with Gasteiger partial charge < -0.3 is 20.3 Å². The fourth-order valence-corrected chi connectivity index (χ4v) is 2.53. The van der Waals surface area contributed by atoms with Crippen molar-refractivity contribution in [1.29, 1.82) is 0 Å². The standard InChI is InChI=1S/C13H21N3O4/c1-2-20-13(19)16-7-5-9(6-8-16)14-12(18)10-3-4-11(17)15-10/h9-10H,2-8H2,1H3,(H,14,18)(H,15,17). The summed E-state index contributed by atoms with van der Waals surface area (Å²) in [4.78, 5) is 36.2. The van der Waals surface area contributed by atoms with E-state index in [1.54, 1.807) is 11.8 Å². The number of ether oxygens (including phenoxy) is 1. The number of likely N-dealkylation sites (tertiary alicyclic amines) is 1. The van der Waals surface area contributed by atoms with Gasteiger partial charge in [0.15, 0.2) is 0 Å². The molecule has 3 amide bonds. The van der Waals surface area contributed by atoms with E-state index in [4.69, 9.17) is 4.74 Å². The third kappa shape index (κ3) is 3.61. The SMILES string of the molecule is CCOC(=O)N1CCC(NC(=O)C2CCC(=O)N2)CC1. The number of amides is 3. The Labute approximate surface area is 118 Å². The molecule has 1 atom stereocenters. The van der Waals surface area contributed by atoms with E-state index >= 15 is 0 Å². The average Bonchev–Trinajstić information content (AvgIpc) is 2.86. The Hall–Kier alpha value is -1.79. The summed E-state index contributed by atoms with van der Waals surface area (Å²) in [6.07, 6.45) is 2.11. The quantitative estimate of drug-likeness (QED) is 0.763. The molecule has 112 valence electrons. The van der Waals surface area contributed by atoms with Gasteiger partial charge in [0.2, 0.25) is 11.8 Å². The Kier molecular flexibility index (Phi) is 4.81. The second-order valence-electron chi connectivity index (χ2n) is 5.13. The lowest BCUT2D eigenvalue weighted by Gasteiger charge is -2.32. The Balaban J connectivity index is 1.73. The predicted molar refractivity (Wildman–Crippen MR) is 70.9 cm³/mol. The van der Waals surface area contributed by atoms with Gasteiger partial charge in [0.25, 0.3) is 0 Å². The summed E-state index contributed by atoms with van der Waals surface area (Å²) in [7, 11) is 0. The summed E-state index contributed by atoms with van der Waals surface area (Å²) in [5.74, 6) is -0.187. The molecule has 2 aliphatic heterocycles. The van der Waals surface area contributed by atoms with E-state index in [0.717, 1.165) is 0 Å². The van der Waals surface area contributed by atoms with Crippen LogP contribution in [0.2, 0.25) is 0 Å². The minimum absolute atomic E-state index is 0.0608. The maximum absolute atomic E-state index is 11.9. The summed E-state index contributed by atoms with van der Waals surface area (Å²) in [6.45, 7) is 3.32. The molecule has 7 heteroatoms. The van der Waals surface area contributed by atoms with Crippen molar-refractivity contribution in [2.24, 2.45) is 0 Å². The van der Waals surface area contributed by atoms with Crippen molar-refractivity contribution >= 4 is 17.9 Å². The van der Waals surface area contributed by atoms with Crippen LogP contribution in [0, 0.1) is 0 Å². The molecule has 0 saturated carbocycles. The van der Waals surface area contributed by atoms with Crippen LogP contribution in [-0.4, -0.2) is 54.6 Å². The molecule has 0 aliphatic carbocycles. The van der Waals surface area contributed by atoms with Crippen molar-refractivity contribution in [3.63, 3.8) is 0 Å². The van der Waals surface area contributed by atoms with Crippen molar-refractivity contribution < 1.29 is 19.1 Å². The van der Waals surface area contributed by atoms with E-state index < -0.39 is 6.04 Å². The summed E-state index contributed by atoms with van der Waals surface area (Å²) in [5, 5.41) is 5.59. The highest BCUT2D eigenvalue weighted by Gasteiger charge is 2.30. The Morgan fingerprint density at radius 1 is 1.35 bits per heavy atom. The first-order valence-corrected chi connectivity index (χ1v) is 7.11. The van der Waals surface area contributed by atoms with Crippen LogP contribution >= 0.6 is 0 Å². The van der Waals surface area contributed by atoms with E-state index in [1.807, 2.05) is 0 Å². The molecule has 2 heterocycles. The number of hydrogen-bond donors (Lipinski definition) is 2. The van der Waals surface area contributed by atoms with E-state index in [0.29, 0.717) is 45.4 Å². The van der Waals surface area contributed by atoms with Gasteiger partial charge in [-0.05, 0) is 26.2 Å². The molecule has 20 heavy (non-hydrogen) atoms. The van der Waals surface area contributed by atoms with Crippen LogP contribution in [0.4, 0.5) is 4.79 Å². The molecule has 2 rings (SSSR count). The van der Waals surface area contributed by atoms with Crippen molar-refractivity contribution in [2.75, 3.05) is 19.7 Å². The maximum Gasteiger partial charge on any atom is 0.409 e. The first-order chi connectivity index (χ1) is 9.60. The van der Waals surface area contributed by atoms with Crippen LogP contribution in [0.15, 0.2) is 0 Å². The van der Waals surface area contributed by atoms with Gasteiger partial charge in [-0.15, -0.1) is 0 Å². The lowest BCUT2D eigenvalue weighted by molar-refractivity contribution is -0.126. The molecular weight excluding hydrogens is 262 g/mol. The second kappa shape index (κ2) is 6.58. The molecule has 2 saturated heterocycles. The molecular formula is C13H21N3O4. The highest BCUT2D eigenvalue weighted by Crippen LogP contribution is 2.13. The zero-order chi connectivity index (χ0) is 14.5. The number of hydrogen-bond acceptors (Lipinski definition) is 4. The lowest BCUT2D eigenvalue weighted by atomic mass is 10.0. The molecule has 0 aromatic rings. The minimum Gasteiger partial charge on any atom is -0.450 e. The number of rotatable bonds is 3. The zero-order valence-electron chi connectivity index (χ0n) is 11.7. The summed E-state index contributed by atoms with van der Waals surface area (Å²) in [6, 6.07) is -0.337. The lowest BCUT2D eigenvalue weighted by Crippen LogP contribution is -2.50. The van der Waals surface area contributed by atoms with Gasteiger partial charge in [0, 0.05) is 25.6 Å². The van der Waals surface area contributed by atoms with Gasteiger partial charge in [-0.1, -0.05) is 0 Å². The number of nitrogens with one attached hydrogen (secondary N) is 2. The molecule has 0 aromatic heterocycles. The smallest absolute Gasteiger partial charge is 0.409 e. The summed E-state index contributed by atoms with van der Waals surface area (Å²) in [5.41, 5.74) is 0. The summed E-state index contributed by atoms with van der Waals surface area (Å²) >= 11 is 0. The van der Waals surface area contributed by atoms with E-state index in [-0.39, 0.29) is 23.9 Å². The molecule has 2 aliphatic rings. The number of carbonyl (C=O) groups is 3. The van der Waals surface area contributed by atoms with E-state index in [9.17, 15) is 14.4 Å². The largest absolute Gasteiger partial charge is 0.450 e.